The molecule has 0 aliphatic carbocycles. The van der Waals surface area contributed by atoms with Gasteiger partial charge in [-0.2, -0.15) is 13.2 Å². The number of Topliss-reactive ketones (excluding diaryl/α,β-unsaturated/α-hetero) is 1. The number of halogens is 4. The van der Waals surface area contributed by atoms with Gasteiger partial charge in [0.05, 0.1) is 17.5 Å². The van der Waals surface area contributed by atoms with Crippen molar-refractivity contribution in [2.45, 2.75) is 25.1 Å². The van der Waals surface area contributed by atoms with Gasteiger partial charge in [-0.1, -0.05) is 0 Å². The molecule has 0 saturated heterocycles. The molecule has 1 aliphatic heterocycles. The van der Waals surface area contributed by atoms with E-state index < -0.39 is 29.8 Å². The van der Waals surface area contributed by atoms with Gasteiger partial charge in [-0.3, -0.25) is 4.79 Å². The van der Waals surface area contributed by atoms with E-state index in [1.807, 2.05) is 0 Å². The summed E-state index contributed by atoms with van der Waals surface area (Å²) in [5, 5.41) is 0. The van der Waals surface area contributed by atoms with Crippen LogP contribution in [0.1, 0.15) is 29.3 Å². The number of hydrogen-bond acceptors (Lipinski definition) is 2. The van der Waals surface area contributed by atoms with Gasteiger partial charge in [-0.05, 0) is 25.1 Å². The number of benzene rings is 1. The van der Waals surface area contributed by atoms with Crippen molar-refractivity contribution in [1.29, 1.82) is 0 Å². The van der Waals surface area contributed by atoms with E-state index in [0.717, 1.165) is 18.2 Å². The molecule has 1 atom stereocenters. The summed E-state index contributed by atoms with van der Waals surface area (Å²) in [5.41, 5.74) is -2.24. The third-order valence-electron chi connectivity index (χ3n) is 2.78. The van der Waals surface area contributed by atoms with E-state index >= 15 is 0 Å². The van der Waals surface area contributed by atoms with Crippen LogP contribution in [0, 0.1) is 0 Å². The molecule has 0 aromatic heterocycles. The Kier molecular flexibility index (Phi) is 2.83. The van der Waals surface area contributed by atoms with Gasteiger partial charge in [0, 0.05) is 0 Å². The van der Waals surface area contributed by atoms with Gasteiger partial charge < -0.3 is 4.74 Å². The molecule has 0 amide bonds. The average molecular weight is 262 g/mol. The summed E-state index contributed by atoms with van der Waals surface area (Å²) in [7, 11) is 0. The van der Waals surface area contributed by atoms with E-state index in [1.54, 1.807) is 0 Å². The molecule has 18 heavy (non-hydrogen) atoms. The lowest BCUT2D eigenvalue weighted by atomic mass is 9.92. The maximum Gasteiger partial charge on any atom is 0.416 e. The number of ketones is 1. The van der Waals surface area contributed by atoms with Gasteiger partial charge >= 0.3 is 6.18 Å². The van der Waals surface area contributed by atoms with Crippen LogP contribution < -0.4 is 4.74 Å². The number of ether oxygens (including phenoxy) is 1. The zero-order chi connectivity index (χ0) is 13.6. The first-order valence-electron chi connectivity index (χ1n) is 5.25. The third-order valence-corrected chi connectivity index (χ3v) is 2.78. The van der Waals surface area contributed by atoms with Crippen molar-refractivity contribution >= 4 is 5.78 Å². The Bertz CT molecular complexity index is 495. The van der Waals surface area contributed by atoms with E-state index in [4.69, 9.17) is 4.74 Å². The van der Waals surface area contributed by atoms with Crippen LogP contribution in [-0.4, -0.2) is 18.1 Å². The molecule has 2 rings (SSSR count). The number of carbonyl (C=O) groups is 1. The highest BCUT2D eigenvalue weighted by atomic mass is 19.4. The van der Waals surface area contributed by atoms with E-state index in [9.17, 15) is 22.4 Å². The van der Waals surface area contributed by atoms with Crippen LogP contribution in [0.15, 0.2) is 18.2 Å². The highest BCUT2D eigenvalue weighted by Crippen LogP contribution is 2.38. The Morgan fingerprint density at radius 3 is 2.61 bits per heavy atom. The Balaban J connectivity index is 2.47. The number of rotatable bonds is 1. The molecule has 6 heteroatoms. The van der Waals surface area contributed by atoms with Crippen LogP contribution in [0.4, 0.5) is 17.6 Å². The standard InChI is InChI=1S/C12H10F4O2/c1-11(6-13)5-9(17)8-3-2-7(12(14,15)16)4-10(8)18-11/h2-4H,5-6H2,1H3. The van der Waals surface area contributed by atoms with Gasteiger partial charge in [-0.25, -0.2) is 4.39 Å². The summed E-state index contributed by atoms with van der Waals surface area (Å²) in [5.74, 6) is -0.619. The summed E-state index contributed by atoms with van der Waals surface area (Å²) in [6.07, 6.45) is -4.70. The second-order valence-corrected chi connectivity index (χ2v) is 4.49. The quantitative estimate of drug-likeness (QED) is 0.725. The lowest BCUT2D eigenvalue weighted by Crippen LogP contribution is -2.41. The van der Waals surface area contributed by atoms with Crippen LogP contribution in [0.3, 0.4) is 0 Å². The Morgan fingerprint density at radius 2 is 2.06 bits per heavy atom. The molecule has 1 aromatic carbocycles. The molecule has 1 aliphatic rings. The van der Waals surface area contributed by atoms with E-state index in [-0.39, 0.29) is 17.7 Å². The lowest BCUT2D eigenvalue weighted by molar-refractivity contribution is -0.137. The fraction of sp³-hybridized carbons (Fsp3) is 0.417. The number of fused-ring (bicyclic) bond motifs is 1. The Hall–Kier alpha value is -1.59. The second-order valence-electron chi connectivity index (χ2n) is 4.49. The molecule has 2 nitrogen and oxygen atoms in total. The van der Waals surface area contributed by atoms with Crippen LogP contribution >= 0.6 is 0 Å². The van der Waals surface area contributed by atoms with Crippen molar-refractivity contribution in [3.63, 3.8) is 0 Å². The number of carbonyl (C=O) groups excluding carboxylic acids is 1. The zero-order valence-electron chi connectivity index (χ0n) is 9.47. The van der Waals surface area contributed by atoms with Gasteiger partial charge in [-0.15, -0.1) is 0 Å². The van der Waals surface area contributed by atoms with Crippen molar-refractivity contribution in [2.75, 3.05) is 6.67 Å². The fourth-order valence-electron chi connectivity index (χ4n) is 1.82. The normalized spacial score (nSPS) is 23.5. The monoisotopic (exact) mass is 262 g/mol. The summed E-state index contributed by atoms with van der Waals surface area (Å²) in [6, 6.07) is 2.62. The predicted octanol–water partition coefficient (Wildman–Crippen LogP) is 3.40. The minimum Gasteiger partial charge on any atom is -0.484 e. The molecular formula is C12H10F4O2. The minimum absolute atomic E-state index is 0.0638. The van der Waals surface area contributed by atoms with E-state index in [2.05, 4.69) is 0 Å². The van der Waals surface area contributed by atoms with E-state index in [1.165, 1.54) is 6.92 Å². The lowest BCUT2D eigenvalue weighted by Gasteiger charge is -2.32. The maximum absolute atomic E-state index is 12.8. The summed E-state index contributed by atoms with van der Waals surface area (Å²) < 4.78 is 55.5. The van der Waals surface area contributed by atoms with Gasteiger partial charge in [0.2, 0.25) is 0 Å². The highest BCUT2D eigenvalue weighted by molar-refractivity contribution is 6.00. The van der Waals surface area contributed by atoms with Gasteiger partial charge in [0.1, 0.15) is 18.0 Å². The Labute approximate surface area is 101 Å². The third kappa shape index (κ3) is 2.19. The zero-order valence-corrected chi connectivity index (χ0v) is 9.47. The second kappa shape index (κ2) is 3.96. The molecule has 1 aromatic rings. The summed E-state index contributed by atoms with van der Waals surface area (Å²) >= 11 is 0. The van der Waals surface area contributed by atoms with Crippen LogP contribution in [0.25, 0.3) is 0 Å². The molecule has 98 valence electrons. The van der Waals surface area contributed by atoms with E-state index in [0.29, 0.717) is 0 Å². The summed E-state index contributed by atoms with van der Waals surface area (Å²) in [6.45, 7) is 0.419. The van der Waals surface area contributed by atoms with Crippen molar-refractivity contribution in [2.24, 2.45) is 0 Å². The van der Waals surface area contributed by atoms with Crippen molar-refractivity contribution in [1.82, 2.24) is 0 Å². The molecule has 0 fully saturated rings. The molecule has 1 unspecified atom stereocenters. The molecule has 0 N–H and O–H groups in total. The predicted molar refractivity (Wildman–Crippen MR) is 55.4 cm³/mol. The molecule has 1 heterocycles. The van der Waals surface area contributed by atoms with Gasteiger partial charge in [0.25, 0.3) is 0 Å². The maximum atomic E-state index is 12.8. The molecule has 0 saturated carbocycles. The number of alkyl halides is 4. The topological polar surface area (TPSA) is 26.3 Å². The van der Waals surface area contributed by atoms with Crippen molar-refractivity contribution < 1.29 is 27.1 Å². The van der Waals surface area contributed by atoms with Crippen LogP contribution in [-0.2, 0) is 6.18 Å². The largest absolute Gasteiger partial charge is 0.484 e. The fourth-order valence-corrected chi connectivity index (χ4v) is 1.82. The first-order chi connectivity index (χ1) is 8.25. The summed E-state index contributed by atoms with van der Waals surface area (Å²) in [4.78, 5) is 11.7. The first kappa shape index (κ1) is 12.9. The highest BCUT2D eigenvalue weighted by Gasteiger charge is 2.39. The smallest absolute Gasteiger partial charge is 0.416 e. The van der Waals surface area contributed by atoms with Crippen LogP contribution in [0.2, 0.25) is 0 Å². The van der Waals surface area contributed by atoms with Gasteiger partial charge in [0.15, 0.2) is 5.78 Å². The average Bonchev–Trinajstić information content (AvgIpc) is 2.27. The molecule has 0 spiro atoms. The Morgan fingerprint density at radius 1 is 1.39 bits per heavy atom. The SMILES string of the molecule is CC1(CF)CC(=O)c2ccc(C(F)(F)F)cc2O1. The number of hydrogen-bond donors (Lipinski definition) is 0. The van der Waals surface area contributed by atoms with Crippen molar-refractivity contribution in [3.05, 3.63) is 29.3 Å². The molecule has 0 bridgehead atoms. The van der Waals surface area contributed by atoms with Crippen LogP contribution in [0.5, 0.6) is 5.75 Å². The van der Waals surface area contributed by atoms with Crippen molar-refractivity contribution in [3.8, 4) is 5.75 Å². The minimum atomic E-state index is -4.52. The first-order valence-corrected chi connectivity index (χ1v) is 5.25. The molecular weight excluding hydrogens is 252 g/mol. The molecule has 0 radical (unpaired) electrons.